The molecule has 0 atom stereocenters. The van der Waals surface area contributed by atoms with E-state index in [1.54, 1.807) is 0 Å². The monoisotopic (exact) mass is 423 g/mol. The first-order chi connectivity index (χ1) is 12.7. The molecule has 154 valence electrons. The molecule has 1 aliphatic rings. The number of benzene rings is 2. The Hall–Kier alpha value is -1.75. The molecule has 1 heterocycles. The summed E-state index contributed by atoms with van der Waals surface area (Å²) in [4.78, 5) is 14.8. The van der Waals surface area contributed by atoms with E-state index in [0.29, 0.717) is 13.0 Å². The fourth-order valence-electron chi connectivity index (χ4n) is 3.50. The number of carbonyl (C=O) groups is 1. The average molecular weight is 424 g/mol. The Morgan fingerprint density at radius 2 is 1.50 bits per heavy atom. The number of carbonyl (C=O) groups excluding carboxylic acids is 1. The van der Waals surface area contributed by atoms with Crippen LogP contribution in [0.1, 0.15) is 42.4 Å². The zero-order valence-electron chi connectivity index (χ0n) is 16.2. The number of hydrogen-bond donors (Lipinski definition) is 2. The van der Waals surface area contributed by atoms with E-state index in [1.807, 2.05) is 30.3 Å². The standard InChI is InChI=1S/C22H29N3O.2ClH/c23-21-11-9-18(10-12-21)15-22(26)24-16-19-7-3-4-8-20(19)17-25-13-5-1-2-6-14-25;;/h3-4,7-12H,1-2,5-6,13-17,23H2,(H,24,26);2*1H. The maximum Gasteiger partial charge on any atom is 0.224 e. The Morgan fingerprint density at radius 1 is 0.893 bits per heavy atom. The summed E-state index contributed by atoms with van der Waals surface area (Å²) in [5, 5.41) is 3.06. The van der Waals surface area contributed by atoms with E-state index in [-0.39, 0.29) is 30.7 Å². The van der Waals surface area contributed by atoms with Gasteiger partial charge in [0.05, 0.1) is 6.42 Å². The molecule has 0 saturated carbocycles. The van der Waals surface area contributed by atoms with Gasteiger partial charge in [-0.1, -0.05) is 49.2 Å². The van der Waals surface area contributed by atoms with Crippen LogP contribution in [0.4, 0.5) is 5.69 Å². The van der Waals surface area contributed by atoms with Gasteiger partial charge in [0.15, 0.2) is 0 Å². The molecule has 1 fully saturated rings. The summed E-state index contributed by atoms with van der Waals surface area (Å²) in [6, 6.07) is 15.9. The van der Waals surface area contributed by atoms with Gasteiger partial charge < -0.3 is 11.1 Å². The van der Waals surface area contributed by atoms with E-state index >= 15 is 0 Å². The Labute approximate surface area is 180 Å². The van der Waals surface area contributed by atoms with Crippen LogP contribution in [0, 0.1) is 0 Å². The highest BCUT2D eigenvalue weighted by Crippen LogP contribution is 2.16. The molecule has 0 radical (unpaired) electrons. The first-order valence-electron chi connectivity index (χ1n) is 9.61. The molecule has 3 rings (SSSR count). The highest BCUT2D eigenvalue weighted by atomic mass is 35.5. The van der Waals surface area contributed by atoms with Crippen molar-refractivity contribution in [1.82, 2.24) is 10.2 Å². The molecule has 28 heavy (non-hydrogen) atoms. The quantitative estimate of drug-likeness (QED) is 0.678. The fraction of sp³-hybridized carbons (Fsp3) is 0.409. The summed E-state index contributed by atoms with van der Waals surface area (Å²) in [7, 11) is 0. The van der Waals surface area contributed by atoms with Gasteiger partial charge in [0.1, 0.15) is 0 Å². The smallest absolute Gasteiger partial charge is 0.224 e. The van der Waals surface area contributed by atoms with Crippen molar-refractivity contribution in [3.8, 4) is 0 Å². The van der Waals surface area contributed by atoms with E-state index in [4.69, 9.17) is 5.73 Å². The normalized spacial score (nSPS) is 14.3. The number of anilines is 1. The van der Waals surface area contributed by atoms with E-state index in [9.17, 15) is 4.79 Å². The van der Waals surface area contributed by atoms with Crippen LogP contribution in [-0.2, 0) is 24.3 Å². The van der Waals surface area contributed by atoms with Gasteiger partial charge in [-0.05, 0) is 54.8 Å². The molecule has 1 amide bonds. The lowest BCUT2D eigenvalue weighted by Gasteiger charge is -2.21. The molecule has 0 aliphatic carbocycles. The van der Waals surface area contributed by atoms with Crippen LogP contribution >= 0.6 is 24.8 Å². The Bertz CT molecular complexity index is 714. The summed E-state index contributed by atoms with van der Waals surface area (Å²) in [5.41, 5.74) is 9.92. The molecule has 3 N–H and O–H groups in total. The van der Waals surface area contributed by atoms with E-state index in [2.05, 4.69) is 28.4 Å². The molecular formula is C22H31Cl2N3O. The Kier molecular flexibility index (Phi) is 11.0. The maximum absolute atomic E-state index is 12.3. The SMILES string of the molecule is Cl.Cl.Nc1ccc(CC(=O)NCc2ccccc2CN2CCCCCC2)cc1. The molecule has 6 heteroatoms. The van der Waals surface area contributed by atoms with Crippen LogP contribution in [0.15, 0.2) is 48.5 Å². The second-order valence-electron chi connectivity index (χ2n) is 7.15. The second-order valence-corrected chi connectivity index (χ2v) is 7.15. The first kappa shape index (κ1) is 24.3. The van der Waals surface area contributed by atoms with Crippen molar-refractivity contribution in [1.29, 1.82) is 0 Å². The Morgan fingerprint density at radius 3 is 2.14 bits per heavy atom. The summed E-state index contributed by atoms with van der Waals surface area (Å²) < 4.78 is 0. The van der Waals surface area contributed by atoms with Crippen molar-refractivity contribution in [2.24, 2.45) is 0 Å². The number of halogens is 2. The van der Waals surface area contributed by atoms with Gasteiger partial charge in [0, 0.05) is 18.8 Å². The molecule has 1 aliphatic heterocycles. The first-order valence-corrected chi connectivity index (χ1v) is 9.61. The van der Waals surface area contributed by atoms with Gasteiger partial charge in [-0.2, -0.15) is 0 Å². The molecule has 0 spiro atoms. The lowest BCUT2D eigenvalue weighted by atomic mass is 10.1. The number of nitrogens with zero attached hydrogens (tertiary/aromatic N) is 1. The number of hydrogen-bond acceptors (Lipinski definition) is 3. The minimum Gasteiger partial charge on any atom is -0.399 e. The van der Waals surface area contributed by atoms with E-state index in [1.165, 1.54) is 49.9 Å². The van der Waals surface area contributed by atoms with Gasteiger partial charge in [0.2, 0.25) is 5.91 Å². The lowest BCUT2D eigenvalue weighted by molar-refractivity contribution is -0.120. The third-order valence-electron chi connectivity index (χ3n) is 5.03. The van der Waals surface area contributed by atoms with Crippen molar-refractivity contribution in [3.63, 3.8) is 0 Å². The molecule has 4 nitrogen and oxygen atoms in total. The van der Waals surface area contributed by atoms with Crippen molar-refractivity contribution in [3.05, 3.63) is 65.2 Å². The molecule has 2 aromatic rings. The van der Waals surface area contributed by atoms with Crippen molar-refractivity contribution < 1.29 is 4.79 Å². The predicted molar refractivity (Wildman–Crippen MR) is 121 cm³/mol. The minimum atomic E-state index is 0. The number of likely N-dealkylation sites (tertiary alicyclic amines) is 1. The maximum atomic E-state index is 12.3. The zero-order chi connectivity index (χ0) is 18.2. The van der Waals surface area contributed by atoms with Crippen molar-refractivity contribution >= 4 is 36.4 Å². The van der Waals surface area contributed by atoms with Crippen LogP contribution in [0.3, 0.4) is 0 Å². The van der Waals surface area contributed by atoms with Crippen LogP contribution in [0.5, 0.6) is 0 Å². The van der Waals surface area contributed by atoms with Gasteiger partial charge in [-0.3, -0.25) is 9.69 Å². The summed E-state index contributed by atoms with van der Waals surface area (Å²) >= 11 is 0. The van der Waals surface area contributed by atoms with Crippen LogP contribution in [0.25, 0.3) is 0 Å². The second kappa shape index (κ2) is 12.7. The highest BCUT2D eigenvalue weighted by molar-refractivity contribution is 5.85. The molecule has 2 aromatic carbocycles. The third-order valence-corrected chi connectivity index (χ3v) is 5.03. The summed E-state index contributed by atoms with van der Waals surface area (Å²) in [5.74, 6) is 0.0411. The van der Waals surface area contributed by atoms with E-state index < -0.39 is 0 Å². The largest absolute Gasteiger partial charge is 0.399 e. The third kappa shape index (κ3) is 7.70. The summed E-state index contributed by atoms with van der Waals surface area (Å²) in [6.45, 7) is 3.91. The molecule has 0 aromatic heterocycles. The molecule has 1 saturated heterocycles. The lowest BCUT2D eigenvalue weighted by Crippen LogP contribution is -2.27. The number of nitrogens with two attached hydrogens (primary N) is 1. The van der Waals surface area contributed by atoms with E-state index in [0.717, 1.165) is 17.8 Å². The zero-order valence-corrected chi connectivity index (χ0v) is 17.9. The van der Waals surface area contributed by atoms with Crippen molar-refractivity contribution in [2.75, 3.05) is 18.8 Å². The molecular weight excluding hydrogens is 393 g/mol. The average Bonchev–Trinajstić information content (AvgIpc) is 2.92. The summed E-state index contributed by atoms with van der Waals surface area (Å²) in [6.07, 6.45) is 5.66. The van der Waals surface area contributed by atoms with Crippen LogP contribution in [0.2, 0.25) is 0 Å². The molecule has 0 unspecified atom stereocenters. The number of nitrogens with one attached hydrogen (secondary N) is 1. The predicted octanol–water partition coefficient (Wildman–Crippen LogP) is 4.35. The van der Waals surface area contributed by atoms with Gasteiger partial charge in [-0.25, -0.2) is 0 Å². The number of rotatable bonds is 6. The van der Waals surface area contributed by atoms with Gasteiger partial charge in [0.25, 0.3) is 0 Å². The van der Waals surface area contributed by atoms with Crippen LogP contribution in [-0.4, -0.2) is 23.9 Å². The van der Waals surface area contributed by atoms with Crippen molar-refractivity contribution in [2.45, 2.75) is 45.2 Å². The topological polar surface area (TPSA) is 58.4 Å². The Balaban J connectivity index is 0.00000196. The highest BCUT2D eigenvalue weighted by Gasteiger charge is 2.12. The fourth-order valence-corrected chi connectivity index (χ4v) is 3.50. The van der Waals surface area contributed by atoms with Crippen LogP contribution < -0.4 is 11.1 Å². The van der Waals surface area contributed by atoms with Gasteiger partial charge in [-0.15, -0.1) is 24.8 Å². The molecule has 0 bridgehead atoms. The number of nitrogen functional groups attached to an aromatic ring is 1. The number of amides is 1. The minimum absolute atomic E-state index is 0. The van der Waals surface area contributed by atoms with Gasteiger partial charge >= 0.3 is 0 Å².